The second-order valence-corrected chi connectivity index (χ2v) is 7.27. The lowest BCUT2D eigenvalue weighted by atomic mass is 10.2. The van der Waals surface area contributed by atoms with Crippen LogP contribution in [0.3, 0.4) is 0 Å². The van der Waals surface area contributed by atoms with Gasteiger partial charge in [0.2, 0.25) is 0 Å². The molecule has 0 aliphatic carbocycles. The molecule has 0 radical (unpaired) electrons. The minimum absolute atomic E-state index is 0.361. The van der Waals surface area contributed by atoms with E-state index in [2.05, 4.69) is 10.3 Å². The van der Waals surface area contributed by atoms with Crippen LogP contribution in [0.5, 0.6) is 0 Å². The van der Waals surface area contributed by atoms with Gasteiger partial charge in [0.1, 0.15) is 11.6 Å². The molecular formula is C13H16FN2O3PS. The molecule has 1 aromatic carbocycles. The van der Waals surface area contributed by atoms with Crippen molar-refractivity contribution in [1.29, 1.82) is 0 Å². The van der Waals surface area contributed by atoms with Crippen molar-refractivity contribution in [3.63, 3.8) is 0 Å². The number of hydrogen-bond donors (Lipinski definition) is 3. The van der Waals surface area contributed by atoms with Gasteiger partial charge < -0.3 is 9.79 Å². The van der Waals surface area contributed by atoms with E-state index in [1.165, 1.54) is 35.6 Å². The average Bonchev–Trinajstić information content (AvgIpc) is 2.81. The molecule has 0 saturated heterocycles. The van der Waals surface area contributed by atoms with Crippen LogP contribution in [0.15, 0.2) is 29.6 Å². The van der Waals surface area contributed by atoms with Crippen LogP contribution < -0.4 is 5.32 Å². The van der Waals surface area contributed by atoms with Crippen LogP contribution in [-0.4, -0.2) is 21.3 Å². The molecule has 1 atom stereocenters. The molecule has 0 spiro atoms. The maximum atomic E-state index is 12.9. The van der Waals surface area contributed by atoms with Crippen LogP contribution in [0.2, 0.25) is 0 Å². The molecule has 0 aliphatic heterocycles. The molecule has 0 fully saturated rings. The first kappa shape index (κ1) is 16.3. The van der Waals surface area contributed by atoms with E-state index in [9.17, 15) is 18.7 Å². The molecule has 0 saturated carbocycles. The van der Waals surface area contributed by atoms with Crippen molar-refractivity contribution in [1.82, 2.24) is 10.3 Å². The fourth-order valence-corrected chi connectivity index (χ4v) is 3.61. The first-order chi connectivity index (χ1) is 9.86. The van der Waals surface area contributed by atoms with E-state index < -0.39 is 19.2 Å². The third-order valence-corrected chi connectivity index (χ3v) is 5.05. The quantitative estimate of drug-likeness (QED) is 0.709. The molecule has 8 heteroatoms. The Morgan fingerprint density at radius 3 is 2.57 bits per heavy atom. The van der Waals surface area contributed by atoms with Gasteiger partial charge in [0.05, 0.1) is 5.01 Å². The lowest BCUT2D eigenvalue weighted by Gasteiger charge is -2.20. The van der Waals surface area contributed by atoms with E-state index in [0.29, 0.717) is 18.5 Å². The Morgan fingerprint density at radius 2 is 2.05 bits per heavy atom. The lowest BCUT2D eigenvalue weighted by molar-refractivity contribution is 0.348. The zero-order chi connectivity index (χ0) is 15.5. The summed E-state index contributed by atoms with van der Waals surface area (Å²) in [6, 6.07) is 5.12. The second-order valence-electron chi connectivity index (χ2n) is 4.63. The molecule has 2 rings (SSSR count). The summed E-state index contributed by atoms with van der Waals surface area (Å²) in [4.78, 5) is 23.2. The summed E-state index contributed by atoms with van der Waals surface area (Å²) in [7, 11) is -4.38. The Morgan fingerprint density at radius 1 is 1.38 bits per heavy atom. The molecule has 0 unspecified atom stereocenters. The molecule has 0 aliphatic rings. The third kappa shape index (κ3) is 4.69. The molecule has 1 aromatic heterocycles. The van der Waals surface area contributed by atoms with E-state index in [-0.39, 0.29) is 0 Å². The Bertz CT molecular complexity index is 641. The van der Waals surface area contributed by atoms with Gasteiger partial charge in [-0.25, -0.2) is 9.37 Å². The second kappa shape index (κ2) is 6.77. The molecule has 3 N–H and O–H groups in total. The fourth-order valence-electron chi connectivity index (χ4n) is 1.91. The number of nitrogens with zero attached hydrogens (tertiary/aromatic N) is 1. The van der Waals surface area contributed by atoms with E-state index in [1.807, 2.05) is 12.3 Å². The fraction of sp³-hybridized carbons (Fsp3) is 0.308. The minimum Gasteiger partial charge on any atom is -0.323 e. The van der Waals surface area contributed by atoms with Gasteiger partial charge in [-0.3, -0.25) is 9.88 Å². The largest absolute Gasteiger partial charge is 0.346 e. The first-order valence-electron chi connectivity index (χ1n) is 6.31. The van der Waals surface area contributed by atoms with Gasteiger partial charge in [-0.2, -0.15) is 0 Å². The number of hydrogen-bond acceptors (Lipinski definition) is 4. The van der Waals surface area contributed by atoms with Gasteiger partial charge in [0, 0.05) is 24.0 Å². The number of aryl methyl sites for hydroxylation is 1. The number of aromatic nitrogens is 1. The van der Waals surface area contributed by atoms with Gasteiger partial charge in [0.25, 0.3) is 0 Å². The maximum Gasteiger partial charge on any atom is 0.346 e. The number of halogens is 1. The lowest BCUT2D eigenvalue weighted by Crippen LogP contribution is -2.24. The monoisotopic (exact) mass is 330 g/mol. The zero-order valence-corrected chi connectivity index (χ0v) is 13.1. The predicted molar refractivity (Wildman–Crippen MR) is 79.7 cm³/mol. The summed E-state index contributed by atoms with van der Waals surface area (Å²) >= 11 is 1.51. The molecule has 0 bridgehead atoms. The summed E-state index contributed by atoms with van der Waals surface area (Å²) in [5.41, 5.74) is 1.29. The Hall–Kier alpha value is -1.11. The van der Waals surface area contributed by atoms with Crippen molar-refractivity contribution in [2.75, 3.05) is 6.54 Å². The molecular weight excluding hydrogens is 314 g/mol. The van der Waals surface area contributed by atoms with Crippen molar-refractivity contribution in [3.05, 3.63) is 51.7 Å². The smallest absolute Gasteiger partial charge is 0.323 e. The molecule has 0 amide bonds. The Kier molecular flexibility index (Phi) is 5.24. The van der Waals surface area contributed by atoms with Crippen LogP contribution in [0.4, 0.5) is 4.39 Å². The zero-order valence-electron chi connectivity index (χ0n) is 11.4. The van der Waals surface area contributed by atoms with Gasteiger partial charge in [-0.15, -0.1) is 11.3 Å². The number of thiazole rings is 1. The normalized spacial score (nSPS) is 13.3. The summed E-state index contributed by atoms with van der Waals surface area (Å²) < 4.78 is 24.5. The van der Waals surface area contributed by atoms with E-state index >= 15 is 0 Å². The predicted octanol–water partition coefficient (Wildman–Crippen LogP) is 2.60. The van der Waals surface area contributed by atoms with Crippen LogP contribution >= 0.6 is 18.9 Å². The van der Waals surface area contributed by atoms with Crippen LogP contribution in [0.25, 0.3) is 0 Å². The number of rotatable bonds is 6. The van der Waals surface area contributed by atoms with Crippen molar-refractivity contribution in [2.45, 2.75) is 19.1 Å². The standard InChI is InChI=1S/C13H16FN2O3PS/c1-9-8-21-12(16-9)6-7-15-13(20(17,18)19)10-2-4-11(14)5-3-10/h2-5,8,13,15H,6-7H2,1H3,(H2,17,18,19)/t13-/m1/s1. The SMILES string of the molecule is Cc1csc(CCN[C@@H](c2ccc(F)cc2)P(=O)(O)O)n1. The third-order valence-electron chi connectivity index (χ3n) is 2.87. The van der Waals surface area contributed by atoms with Crippen molar-refractivity contribution >= 4 is 18.9 Å². The highest BCUT2D eigenvalue weighted by atomic mass is 32.1. The van der Waals surface area contributed by atoms with E-state index in [1.54, 1.807) is 0 Å². The Labute approximate surface area is 126 Å². The highest BCUT2D eigenvalue weighted by Gasteiger charge is 2.29. The van der Waals surface area contributed by atoms with Gasteiger partial charge >= 0.3 is 7.60 Å². The maximum absolute atomic E-state index is 12.9. The molecule has 1 heterocycles. The van der Waals surface area contributed by atoms with Crippen molar-refractivity contribution < 1.29 is 18.7 Å². The highest BCUT2D eigenvalue weighted by molar-refractivity contribution is 7.52. The van der Waals surface area contributed by atoms with Crippen molar-refractivity contribution in [2.24, 2.45) is 0 Å². The van der Waals surface area contributed by atoms with E-state index in [4.69, 9.17) is 0 Å². The van der Waals surface area contributed by atoms with Crippen molar-refractivity contribution in [3.8, 4) is 0 Å². The highest BCUT2D eigenvalue weighted by Crippen LogP contribution is 2.49. The van der Waals surface area contributed by atoms with Crippen LogP contribution in [0, 0.1) is 12.7 Å². The minimum atomic E-state index is -4.38. The molecule has 5 nitrogen and oxygen atoms in total. The van der Waals surface area contributed by atoms with E-state index in [0.717, 1.165) is 10.7 Å². The molecule has 114 valence electrons. The van der Waals surface area contributed by atoms with Gasteiger partial charge in [-0.05, 0) is 24.6 Å². The summed E-state index contributed by atoms with van der Waals surface area (Å²) in [5, 5.41) is 5.67. The topological polar surface area (TPSA) is 82.5 Å². The van der Waals surface area contributed by atoms with Crippen LogP contribution in [0.1, 0.15) is 22.0 Å². The average molecular weight is 330 g/mol. The summed E-state index contributed by atoms with van der Waals surface area (Å²) in [5.74, 6) is -1.58. The first-order valence-corrected chi connectivity index (χ1v) is 8.87. The van der Waals surface area contributed by atoms with Gasteiger partial charge in [-0.1, -0.05) is 12.1 Å². The molecule has 2 aromatic rings. The summed E-state index contributed by atoms with van der Waals surface area (Å²) in [6.07, 6.45) is 0.580. The number of nitrogens with one attached hydrogen (secondary N) is 1. The Balaban J connectivity index is 2.04. The summed E-state index contributed by atoms with van der Waals surface area (Å²) in [6.45, 7) is 2.27. The van der Waals surface area contributed by atoms with Gasteiger partial charge in [0.15, 0.2) is 0 Å². The van der Waals surface area contributed by atoms with Crippen LogP contribution in [-0.2, 0) is 11.0 Å². The number of benzene rings is 1. The molecule has 21 heavy (non-hydrogen) atoms.